The lowest BCUT2D eigenvalue weighted by atomic mass is 9.98. The molecule has 6 N–H and O–H groups in total. The highest BCUT2D eigenvalue weighted by atomic mass is 14.6. The van der Waals surface area contributed by atoms with Crippen molar-refractivity contribution in [3.05, 3.63) is 48.0 Å². The minimum absolute atomic E-state index is 0.490. The molecule has 0 aliphatic heterocycles. The van der Waals surface area contributed by atoms with Crippen LogP contribution in [-0.2, 0) is 6.54 Å². The summed E-state index contributed by atoms with van der Waals surface area (Å²) in [5, 5.41) is 0. The lowest BCUT2D eigenvalue weighted by Crippen LogP contribution is -2.00. The van der Waals surface area contributed by atoms with Gasteiger partial charge < -0.3 is 17.2 Å². The predicted molar refractivity (Wildman–Crippen MR) is 68.6 cm³/mol. The summed E-state index contributed by atoms with van der Waals surface area (Å²) < 4.78 is 0. The van der Waals surface area contributed by atoms with Crippen LogP contribution in [0.2, 0.25) is 0 Å². The van der Waals surface area contributed by atoms with Crippen LogP contribution in [0.1, 0.15) is 5.56 Å². The number of nitrogen functional groups attached to an aromatic ring is 2. The van der Waals surface area contributed by atoms with Crippen LogP contribution in [0.5, 0.6) is 0 Å². The molecule has 3 nitrogen and oxygen atoms in total. The summed E-state index contributed by atoms with van der Waals surface area (Å²) in [5.41, 5.74) is 21.9. The van der Waals surface area contributed by atoms with Crippen LogP contribution < -0.4 is 17.2 Å². The molecule has 0 aromatic heterocycles. The quantitative estimate of drug-likeness (QED) is 0.667. The number of benzene rings is 2. The van der Waals surface area contributed by atoms with Crippen LogP contribution in [0.25, 0.3) is 11.1 Å². The highest BCUT2D eigenvalue weighted by molar-refractivity contribution is 5.81. The van der Waals surface area contributed by atoms with Crippen molar-refractivity contribution in [2.45, 2.75) is 6.54 Å². The van der Waals surface area contributed by atoms with E-state index in [1.54, 1.807) is 6.07 Å². The van der Waals surface area contributed by atoms with Crippen molar-refractivity contribution in [1.29, 1.82) is 0 Å². The second-order valence-corrected chi connectivity index (χ2v) is 3.71. The van der Waals surface area contributed by atoms with Crippen molar-refractivity contribution in [2.24, 2.45) is 5.73 Å². The van der Waals surface area contributed by atoms with Gasteiger partial charge in [-0.2, -0.15) is 0 Å². The summed E-state index contributed by atoms with van der Waals surface area (Å²) in [6.45, 7) is 0.490. The Kier molecular flexibility index (Phi) is 2.79. The molecule has 0 aliphatic carbocycles. The summed E-state index contributed by atoms with van der Waals surface area (Å²) in [6.07, 6.45) is 0. The summed E-state index contributed by atoms with van der Waals surface area (Å²) in [4.78, 5) is 0. The average Bonchev–Trinajstić information content (AvgIpc) is 2.32. The highest BCUT2D eigenvalue weighted by Gasteiger charge is 2.06. The molecule has 2 aromatic rings. The number of nitrogens with two attached hydrogens (primary N) is 3. The van der Waals surface area contributed by atoms with Crippen molar-refractivity contribution in [3.8, 4) is 11.1 Å². The molecule has 0 bridgehead atoms. The molecular weight excluding hydrogens is 198 g/mol. The summed E-state index contributed by atoms with van der Waals surface area (Å²) in [7, 11) is 0. The monoisotopic (exact) mass is 213 g/mol. The molecule has 0 heterocycles. The maximum absolute atomic E-state index is 5.95. The van der Waals surface area contributed by atoms with E-state index in [0.29, 0.717) is 12.2 Å². The third kappa shape index (κ3) is 1.85. The molecule has 0 aliphatic rings. The van der Waals surface area contributed by atoms with Crippen molar-refractivity contribution in [3.63, 3.8) is 0 Å². The van der Waals surface area contributed by atoms with Crippen molar-refractivity contribution >= 4 is 11.4 Å². The number of hydrogen-bond acceptors (Lipinski definition) is 3. The smallest absolute Gasteiger partial charge is 0.0395 e. The zero-order valence-corrected chi connectivity index (χ0v) is 8.98. The fourth-order valence-electron chi connectivity index (χ4n) is 1.77. The fourth-order valence-corrected chi connectivity index (χ4v) is 1.77. The van der Waals surface area contributed by atoms with E-state index in [1.807, 2.05) is 36.4 Å². The largest absolute Gasteiger partial charge is 0.399 e. The van der Waals surface area contributed by atoms with Gasteiger partial charge in [0.1, 0.15) is 0 Å². The standard InChI is InChI=1S/C13H15N3/c14-8-9-3-1-2-4-11(9)12-7-10(15)5-6-13(12)16/h1-7H,8,14-16H2. The van der Waals surface area contributed by atoms with E-state index in [0.717, 1.165) is 22.4 Å². The SMILES string of the molecule is NCc1ccccc1-c1cc(N)ccc1N. The van der Waals surface area contributed by atoms with Gasteiger partial charge in [0.05, 0.1) is 0 Å². The maximum atomic E-state index is 5.95. The molecule has 2 rings (SSSR count). The van der Waals surface area contributed by atoms with Gasteiger partial charge in [-0.25, -0.2) is 0 Å². The zero-order chi connectivity index (χ0) is 11.5. The molecule has 16 heavy (non-hydrogen) atoms. The van der Waals surface area contributed by atoms with Crippen molar-refractivity contribution < 1.29 is 0 Å². The highest BCUT2D eigenvalue weighted by Crippen LogP contribution is 2.30. The van der Waals surface area contributed by atoms with Gasteiger partial charge in [-0.05, 0) is 29.3 Å². The van der Waals surface area contributed by atoms with Crippen LogP contribution in [0.3, 0.4) is 0 Å². The number of hydrogen-bond donors (Lipinski definition) is 3. The molecule has 0 fully saturated rings. The Balaban J connectivity index is 2.62. The zero-order valence-electron chi connectivity index (χ0n) is 8.98. The minimum Gasteiger partial charge on any atom is -0.399 e. The normalized spacial score (nSPS) is 10.3. The summed E-state index contributed by atoms with van der Waals surface area (Å²) >= 11 is 0. The van der Waals surface area contributed by atoms with Crippen LogP contribution in [0, 0.1) is 0 Å². The van der Waals surface area contributed by atoms with Gasteiger partial charge in [0.2, 0.25) is 0 Å². The first-order valence-electron chi connectivity index (χ1n) is 5.15. The molecule has 0 spiro atoms. The Morgan fingerprint density at radius 3 is 2.38 bits per heavy atom. The molecule has 0 radical (unpaired) electrons. The molecule has 0 amide bonds. The Bertz CT molecular complexity index is 506. The topological polar surface area (TPSA) is 78.1 Å². The molecule has 0 atom stereocenters. The van der Waals surface area contributed by atoms with Gasteiger partial charge >= 0.3 is 0 Å². The molecule has 0 saturated carbocycles. The van der Waals surface area contributed by atoms with Crippen LogP contribution in [-0.4, -0.2) is 0 Å². The first-order valence-corrected chi connectivity index (χ1v) is 5.15. The van der Waals surface area contributed by atoms with Crippen LogP contribution >= 0.6 is 0 Å². The van der Waals surface area contributed by atoms with Gasteiger partial charge in [0.25, 0.3) is 0 Å². The lowest BCUT2D eigenvalue weighted by Gasteiger charge is -2.11. The Hall–Kier alpha value is -2.00. The lowest BCUT2D eigenvalue weighted by molar-refractivity contribution is 1.07. The average molecular weight is 213 g/mol. The van der Waals surface area contributed by atoms with E-state index in [-0.39, 0.29) is 0 Å². The van der Waals surface area contributed by atoms with Gasteiger partial charge in [0.15, 0.2) is 0 Å². The summed E-state index contributed by atoms with van der Waals surface area (Å²) in [6, 6.07) is 13.4. The van der Waals surface area contributed by atoms with Gasteiger partial charge in [0, 0.05) is 23.5 Å². The fraction of sp³-hybridized carbons (Fsp3) is 0.0769. The first-order chi connectivity index (χ1) is 7.72. The molecule has 3 heteroatoms. The Morgan fingerprint density at radius 1 is 0.875 bits per heavy atom. The Labute approximate surface area is 94.9 Å². The van der Waals surface area contributed by atoms with Crippen LogP contribution in [0.15, 0.2) is 42.5 Å². The third-order valence-electron chi connectivity index (χ3n) is 2.60. The second-order valence-electron chi connectivity index (χ2n) is 3.71. The molecule has 82 valence electrons. The van der Waals surface area contributed by atoms with Crippen LogP contribution in [0.4, 0.5) is 11.4 Å². The number of anilines is 2. The van der Waals surface area contributed by atoms with Crippen molar-refractivity contribution in [1.82, 2.24) is 0 Å². The summed E-state index contributed by atoms with van der Waals surface area (Å²) in [5.74, 6) is 0. The van der Waals surface area contributed by atoms with E-state index in [1.165, 1.54) is 0 Å². The molecule has 0 unspecified atom stereocenters. The molecular formula is C13H15N3. The van der Waals surface area contributed by atoms with Crippen molar-refractivity contribution in [2.75, 3.05) is 11.5 Å². The molecule has 0 saturated heterocycles. The molecule has 2 aromatic carbocycles. The minimum atomic E-state index is 0.490. The maximum Gasteiger partial charge on any atom is 0.0395 e. The first kappa shape index (κ1) is 10.5. The number of rotatable bonds is 2. The third-order valence-corrected chi connectivity index (χ3v) is 2.60. The van der Waals surface area contributed by atoms with E-state index >= 15 is 0 Å². The van der Waals surface area contributed by atoms with Gasteiger partial charge in [-0.3, -0.25) is 0 Å². The van der Waals surface area contributed by atoms with Gasteiger partial charge in [-0.1, -0.05) is 24.3 Å². The van der Waals surface area contributed by atoms with E-state index < -0.39 is 0 Å². The second kappa shape index (κ2) is 4.24. The Morgan fingerprint density at radius 2 is 1.62 bits per heavy atom. The van der Waals surface area contributed by atoms with Gasteiger partial charge in [-0.15, -0.1) is 0 Å². The van der Waals surface area contributed by atoms with E-state index in [9.17, 15) is 0 Å². The predicted octanol–water partition coefficient (Wildman–Crippen LogP) is 1.98. The van der Waals surface area contributed by atoms with E-state index in [2.05, 4.69) is 0 Å². The van der Waals surface area contributed by atoms with E-state index in [4.69, 9.17) is 17.2 Å².